The molecule has 3 nitrogen and oxygen atoms in total. The van der Waals surface area contributed by atoms with Gasteiger partial charge < -0.3 is 4.74 Å². The van der Waals surface area contributed by atoms with Gasteiger partial charge in [0.05, 0.1) is 17.4 Å². The van der Waals surface area contributed by atoms with Crippen LogP contribution in [0.5, 0.6) is 5.75 Å². The Labute approximate surface area is 185 Å². The number of ether oxygens (including phenoxy) is 1. The van der Waals surface area contributed by atoms with E-state index in [2.05, 4.69) is 96.3 Å². The summed E-state index contributed by atoms with van der Waals surface area (Å²) in [4.78, 5) is 4.96. The Kier molecular flexibility index (Phi) is 3.41. The summed E-state index contributed by atoms with van der Waals surface area (Å²) in [6, 6.07) is 33.8. The minimum atomic E-state index is -0.792. The third-order valence-corrected chi connectivity index (χ3v) is 6.76. The van der Waals surface area contributed by atoms with E-state index in [1.807, 2.05) is 18.3 Å². The fraction of sp³-hybridized carbons (Fsp3) is 0.0690. The molecular formula is C29H20N2O. The van der Waals surface area contributed by atoms with Crippen LogP contribution in [0.4, 0.5) is 0 Å². The first-order chi connectivity index (χ1) is 15.8. The van der Waals surface area contributed by atoms with Crippen molar-refractivity contribution in [3.63, 3.8) is 0 Å². The van der Waals surface area contributed by atoms with Gasteiger partial charge in [0.25, 0.3) is 0 Å². The third-order valence-electron chi connectivity index (χ3n) is 6.76. The number of nitrogens with zero attached hydrogens (tertiary/aromatic N) is 2. The van der Waals surface area contributed by atoms with E-state index in [0.717, 1.165) is 39.1 Å². The number of aromatic nitrogens is 2. The Balaban J connectivity index is 1.74. The molecule has 4 aromatic carbocycles. The molecule has 0 saturated carbocycles. The minimum Gasteiger partial charge on any atom is -0.469 e. The predicted octanol–water partition coefficient (Wildman–Crippen LogP) is 6.63. The maximum atomic E-state index is 7.06. The van der Waals surface area contributed by atoms with Gasteiger partial charge in [0.2, 0.25) is 5.60 Å². The van der Waals surface area contributed by atoms with Crippen LogP contribution >= 0.6 is 0 Å². The molecule has 0 saturated heterocycles. The van der Waals surface area contributed by atoms with Gasteiger partial charge >= 0.3 is 0 Å². The van der Waals surface area contributed by atoms with Crippen LogP contribution in [0.1, 0.15) is 22.4 Å². The zero-order valence-corrected chi connectivity index (χ0v) is 17.6. The Bertz CT molecular complexity index is 1610. The summed E-state index contributed by atoms with van der Waals surface area (Å²) in [5, 5.41) is 3.59. The monoisotopic (exact) mass is 412 g/mol. The fourth-order valence-corrected chi connectivity index (χ4v) is 5.37. The summed E-state index contributed by atoms with van der Waals surface area (Å²) in [6.07, 6.45) is 1.99. The third kappa shape index (κ3) is 2.08. The highest BCUT2D eigenvalue weighted by molar-refractivity contribution is 6.14. The quantitative estimate of drug-likeness (QED) is 0.298. The number of hydrogen-bond donors (Lipinski definition) is 0. The van der Waals surface area contributed by atoms with Gasteiger partial charge in [0.15, 0.2) is 0 Å². The summed E-state index contributed by atoms with van der Waals surface area (Å²) in [5.41, 5.74) is 5.69. The molecule has 0 radical (unpaired) electrons. The van der Waals surface area contributed by atoms with Crippen LogP contribution in [0.2, 0.25) is 0 Å². The number of benzene rings is 4. The van der Waals surface area contributed by atoms with Crippen LogP contribution < -0.4 is 4.74 Å². The molecule has 32 heavy (non-hydrogen) atoms. The molecule has 0 atom stereocenters. The van der Waals surface area contributed by atoms with Crippen LogP contribution in [-0.2, 0) is 5.60 Å². The smallest absolute Gasteiger partial charge is 0.201 e. The van der Waals surface area contributed by atoms with E-state index in [0.29, 0.717) is 0 Å². The van der Waals surface area contributed by atoms with Crippen LogP contribution in [0.25, 0.3) is 27.3 Å². The molecule has 3 heterocycles. The molecule has 3 heteroatoms. The van der Waals surface area contributed by atoms with E-state index in [9.17, 15) is 0 Å². The van der Waals surface area contributed by atoms with Crippen LogP contribution in [0, 0.1) is 6.92 Å². The molecule has 0 fully saturated rings. The molecule has 7 rings (SSSR count). The van der Waals surface area contributed by atoms with E-state index in [1.165, 1.54) is 16.3 Å². The van der Waals surface area contributed by atoms with Crippen LogP contribution in [0.15, 0.2) is 103 Å². The maximum Gasteiger partial charge on any atom is 0.201 e. The van der Waals surface area contributed by atoms with Crippen molar-refractivity contribution in [2.24, 2.45) is 0 Å². The molecule has 0 N–H and O–H groups in total. The van der Waals surface area contributed by atoms with Gasteiger partial charge in [0.1, 0.15) is 11.4 Å². The van der Waals surface area contributed by atoms with Crippen molar-refractivity contribution in [1.82, 2.24) is 9.38 Å². The molecule has 0 aliphatic carbocycles. The van der Waals surface area contributed by atoms with E-state index in [4.69, 9.17) is 9.72 Å². The van der Waals surface area contributed by atoms with Crippen LogP contribution in [-0.4, -0.2) is 9.38 Å². The number of aryl methyl sites for hydroxylation is 1. The second-order valence-electron chi connectivity index (χ2n) is 8.47. The Morgan fingerprint density at radius 2 is 1.34 bits per heavy atom. The van der Waals surface area contributed by atoms with E-state index in [1.54, 1.807) is 0 Å². The number of pyridine rings is 1. The van der Waals surface area contributed by atoms with E-state index in [-0.39, 0.29) is 0 Å². The summed E-state index contributed by atoms with van der Waals surface area (Å²) in [6.45, 7) is 2.17. The maximum absolute atomic E-state index is 7.06. The Morgan fingerprint density at radius 1 is 0.719 bits per heavy atom. The van der Waals surface area contributed by atoms with Gasteiger partial charge in [-0.3, -0.25) is 4.40 Å². The number of hydrogen-bond acceptors (Lipinski definition) is 2. The van der Waals surface area contributed by atoms with Crippen molar-refractivity contribution in [1.29, 1.82) is 0 Å². The van der Waals surface area contributed by atoms with Gasteiger partial charge in [-0.25, -0.2) is 4.98 Å². The largest absolute Gasteiger partial charge is 0.469 e. The number of imidazole rings is 1. The second kappa shape index (κ2) is 6.21. The minimum absolute atomic E-state index is 0.792. The van der Waals surface area contributed by atoms with Crippen molar-refractivity contribution in [3.05, 3.63) is 126 Å². The fourth-order valence-electron chi connectivity index (χ4n) is 5.37. The highest BCUT2D eigenvalue weighted by atomic mass is 16.5. The van der Waals surface area contributed by atoms with Crippen molar-refractivity contribution >= 4 is 27.3 Å². The molecule has 1 aliphatic rings. The first-order valence-electron chi connectivity index (χ1n) is 10.9. The van der Waals surface area contributed by atoms with E-state index >= 15 is 0 Å². The lowest BCUT2D eigenvalue weighted by molar-refractivity contribution is 0.145. The van der Waals surface area contributed by atoms with Gasteiger partial charge in [-0.2, -0.15) is 0 Å². The molecule has 0 spiro atoms. The molecular weight excluding hydrogens is 392 g/mol. The zero-order valence-electron chi connectivity index (χ0n) is 17.6. The first kappa shape index (κ1) is 17.6. The van der Waals surface area contributed by atoms with Gasteiger partial charge in [-0.05, 0) is 23.9 Å². The predicted molar refractivity (Wildman–Crippen MR) is 128 cm³/mol. The molecule has 0 amide bonds. The van der Waals surface area contributed by atoms with Crippen LogP contribution in [0.3, 0.4) is 0 Å². The summed E-state index contributed by atoms with van der Waals surface area (Å²) in [5.74, 6) is 0.875. The van der Waals surface area contributed by atoms with Crippen molar-refractivity contribution < 1.29 is 4.74 Å². The highest BCUT2D eigenvalue weighted by Crippen LogP contribution is 2.49. The Morgan fingerprint density at radius 3 is 2.03 bits per heavy atom. The van der Waals surface area contributed by atoms with Gasteiger partial charge in [-0.15, -0.1) is 0 Å². The lowest BCUT2D eigenvalue weighted by Crippen LogP contribution is -2.39. The molecule has 0 bridgehead atoms. The topological polar surface area (TPSA) is 26.5 Å². The van der Waals surface area contributed by atoms with Crippen molar-refractivity contribution in [2.75, 3.05) is 0 Å². The highest BCUT2D eigenvalue weighted by Gasteiger charge is 2.45. The number of fused-ring (bicyclic) bond motifs is 3. The molecule has 1 aliphatic heterocycles. The average molecular weight is 412 g/mol. The first-order valence-corrected chi connectivity index (χ1v) is 10.9. The summed E-state index contributed by atoms with van der Waals surface area (Å²) < 4.78 is 9.38. The van der Waals surface area contributed by atoms with Gasteiger partial charge in [0, 0.05) is 21.9 Å². The average Bonchev–Trinajstić information content (AvgIpc) is 3.31. The van der Waals surface area contributed by atoms with Crippen molar-refractivity contribution in [2.45, 2.75) is 12.5 Å². The second-order valence-corrected chi connectivity index (χ2v) is 8.47. The SMILES string of the molecule is Cc1ccc2c3c1c1ccccc1c1ncc(n13)C(c1ccccc1)(c1ccccc1)O2. The lowest BCUT2D eigenvalue weighted by Gasteiger charge is -2.39. The summed E-state index contributed by atoms with van der Waals surface area (Å²) >= 11 is 0. The zero-order chi connectivity index (χ0) is 21.3. The lowest BCUT2D eigenvalue weighted by atomic mass is 9.82. The standard InChI is InChI=1S/C29H20N2O/c1-19-16-17-24-27-26(19)22-14-8-9-15-23(22)28-30-18-25(31(27)28)29(32-24,20-10-4-2-5-11-20)21-12-6-3-7-13-21/h2-18H,1H3. The van der Waals surface area contributed by atoms with E-state index < -0.39 is 5.60 Å². The molecule has 0 unspecified atom stereocenters. The van der Waals surface area contributed by atoms with Gasteiger partial charge in [-0.1, -0.05) is 91.0 Å². The molecule has 6 aromatic rings. The van der Waals surface area contributed by atoms with Crippen molar-refractivity contribution in [3.8, 4) is 5.75 Å². The summed E-state index contributed by atoms with van der Waals surface area (Å²) in [7, 11) is 0. The molecule has 2 aromatic heterocycles. The molecule has 152 valence electrons. The Hall–Kier alpha value is -4.11. The number of rotatable bonds is 2. The normalized spacial score (nSPS) is 14.3.